The molecule has 24 heavy (non-hydrogen) atoms. The predicted octanol–water partition coefficient (Wildman–Crippen LogP) is 2.30. The van der Waals surface area contributed by atoms with E-state index in [-0.39, 0.29) is 5.11 Å². The number of ether oxygens (including phenoxy) is 1. The van der Waals surface area contributed by atoms with Crippen LogP contribution in [-0.2, 0) is 0 Å². The molecular weight excluding hydrogens is 350 g/mol. The second-order valence-electron chi connectivity index (χ2n) is 4.60. The van der Waals surface area contributed by atoms with Crippen LogP contribution in [0.1, 0.15) is 20.7 Å². The number of hydrazine groups is 1. The van der Waals surface area contributed by atoms with Gasteiger partial charge in [-0.25, -0.2) is 0 Å². The number of halogens is 1. The molecule has 2 amide bonds. The first kappa shape index (κ1) is 17.7. The lowest BCUT2D eigenvalue weighted by Gasteiger charge is -2.11. The van der Waals surface area contributed by atoms with Gasteiger partial charge in [-0.15, -0.1) is 0 Å². The predicted molar refractivity (Wildman–Crippen MR) is 95.1 cm³/mol. The Morgan fingerprint density at radius 3 is 2.33 bits per heavy atom. The maximum Gasteiger partial charge on any atom is 0.269 e. The summed E-state index contributed by atoms with van der Waals surface area (Å²) in [6, 6.07) is 12.9. The quantitative estimate of drug-likeness (QED) is 0.576. The number of thiocarbonyl (C=S) groups is 1. The van der Waals surface area contributed by atoms with Crippen molar-refractivity contribution in [2.24, 2.45) is 0 Å². The number of rotatable bonds is 3. The Balaban J connectivity index is 1.86. The molecule has 0 heterocycles. The van der Waals surface area contributed by atoms with Crippen molar-refractivity contribution in [1.29, 1.82) is 0 Å². The molecule has 8 heteroatoms. The smallest absolute Gasteiger partial charge is 0.269 e. The molecule has 2 aromatic carbocycles. The van der Waals surface area contributed by atoms with Gasteiger partial charge in [0.1, 0.15) is 5.75 Å². The van der Waals surface area contributed by atoms with Crippen molar-refractivity contribution in [2.75, 3.05) is 7.11 Å². The topological polar surface area (TPSA) is 79.5 Å². The van der Waals surface area contributed by atoms with E-state index in [1.54, 1.807) is 42.5 Å². The monoisotopic (exact) mass is 363 g/mol. The molecule has 6 nitrogen and oxygen atoms in total. The zero-order valence-electron chi connectivity index (χ0n) is 12.6. The summed E-state index contributed by atoms with van der Waals surface area (Å²) in [5.41, 5.74) is 5.60. The average Bonchev–Trinajstić information content (AvgIpc) is 2.59. The zero-order chi connectivity index (χ0) is 17.5. The number of carbonyl (C=O) groups excluding carboxylic acids is 2. The summed E-state index contributed by atoms with van der Waals surface area (Å²) in [5, 5.41) is 2.86. The maximum absolute atomic E-state index is 12.0. The molecule has 0 aliphatic heterocycles. The van der Waals surface area contributed by atoms with Crippen LogP contribution < -0.4 is 20.9 Å². The normalized spacial score (nSPS) is 9.75. The van der Waals surface area contributed by atoms with Crippen LogP contribution in [0.3, 0.4) is 0 Å². The van der Waals surface area contributed by atoms with Crippen molar-refractivity contribution in [2.45, 2.75) is 0 Å². The van der Waals surface area contributed by atoms with E-state index < -0.39 is 11.8 Å². The lowest BCUT2D eigenvalue weighted by Crippen LogP contribution is -2.48. The molecular formula is C16H14ClN3O3S. The van der Waals surface area contributed by atoms with E-state index in [1.165, 1.54) is 13.2 Å². The third-order valence-corrected chi connectivity index (χ3v) is 3.39. The van der Waals surface area contributed by atoms with Crippen LogP contribution in [-0.4, -0.2) is 24.0 Å². The molecule has 3 N–H and O–H groups in total. The van der Waals surface area contributed by atoms with Crippen LogP contribution >= 0.6 is 23.8 Å². The van der Waals surface area contributed by atoms with E-state index in [1.807, 2.05) is 0 Å². The van der Waals surface area contributed by atoms with Gasteiger partial charge in [0.25, 0.3) is 11.8 Å². The molecule has 124 valence electrons. The van der Waals surface area contributed by atoms with Gasteiger partial charge < -0.3 is 4.74 Å². The number of carbonyl (C=O) groups is 2. The van der Waals surface area contributed by atoms with E-state index in [9.17, 15) is 9.59 Å². The van der Waals surface area contributed by atoms with Crippen LogP contribution in [0, 0.1) is 0 Å². The molecule has 0 atom stereocenters. The largest absolute Gasteiger partial charge is 0.497 e. The van der Waals surface area contributed by atoms with Crippen LogP contribution in [0.15, 0.2) is 48.5 Å². The van der Waals surface area contributed by atoms with Gasteiger partial charge in [0.2, 0.25) is 0 Å². The lowest BCUT2D eigenvalue weighted by atomic mass is 10.2. The fourth-order valence-corrected chi connectivity index (χ4v) is 2.10. The molecule has 0 spiro atoms. The molecule has 2 rings (SSSR count). The molecule has 2 aromatic rings. The van der Waals surface area contributed by atoms with Gasteiger partial charge in [-0.3, -0.25) is 25.8 Å². The standard InChI is InChI=1S/C16H14ClN3O3S/c1-23-13-7-5-10(6-8-13)14(21)18-16(24)20-19-15(22)11-3-2-4-12(17)9-11/h2-9H,1H3,(H,19,22)(H2,18,20,21,24). The van der Waals surface area contributed by atoms with E-state index in [4.69, 9.17) is 28.6 Å². The minimum absolute atomic E-state index is 0.0359. The average molecular weight is 364 g/mol. The summed E-state index contributed by atoms with van der Waals surface area (Å²) in [5.74, 6) is -0.202. The first-order valence-corrected chi connectivity index (χ1v) is 7.59. The van der Waals surface area contributed by atoms with Crippen molar-refractivity contribution in [3.63, 3.8) is 0 Å². The van der Waals surface area contributed by atoms with Crippen molar-refractivity contribution in [1.82, 2.24) is 16.2 Å². The fraction of sp³-hybridized carbons (Fsp3) is 0.0625. The summed E-state index contributed by atoms with van der Waals surface area (Å²) >= 11 is 10.8. The number of amides is 2. The Kier molecular flexibility index (Phi) is 6.11. The first-order chi connectivity index (χ1) is 11.5. The summed E-state index contributed by atoms with van der Waals surface area (Å²) < 4.78 is 5.02. The van der Waals surface area contributed by atoms with Crippen molar-refractivity contribution in [3.05, 3.63) is 64.7 Å². The van der Waals surface area contributed by atoms with Gasteiger partial charge in [-0.05, 0) is 54.7 Å². The van der Waals surface area contributed by atoms with Crippen molar-refractivity contribution >= 4 is 40.7 Å². The molecule has 0 fully saturated rings. The molecule has 0 bridgehead atoms. The lowest BCUT2D eigenvalue weighted by molar-refractivity contribution is 0.0934. The molecule has 0 unspecified atom stereocenters. The number of benzene rings is 2. The Hall–Kier alpha value is -2.64. The second-order valence-corrected chi connectivity index (χ2v) is 5.45. The highest BCUT2D eigenvalue weighted by atomic mass is 35.5. The van der Waals surface area contributed by atoms with Gasteiger partial charge in [0, 0.05) is 16.1 Å². The number of hydrogen-bond acceptors (Lipinski definition) is 4. The highest BCUT2D eigenvalue weighted by molar-refractivity contribution is 7.80. The highest BCUT2D eigenvalue weighted by Gasteiger charge is 2.10. The van der Waals surface area contributed by atoms with Crippen LogP contribution in [0.5, 0.6) is 5.75 Å². The van der Waals surface area contributed by atoms with Gasteiger partial charge in [0.05, 0.1) is 7.11 Å². The summed E-state index contributed by atoms with van der Waals surface area (Å²) in [7, 11) is 1.54. The molecule has 0 radical (unpaired) electrons. The van der Waals surface area contributed by atoms with Gasteiger partial charge in [-0.2, -0.15) is 0 Å². The third-order valence-electron chi connectivity index (χ3n) is 2.96. The van der Waals surface area contributed by atoms with Crippen molar-refractivity contribution < 1.29 is 14.3 Å². The highest BCUT2D eigenvalue weighted by Crippen LogP contribution is 2.11. The van der Waals surface area contributed by atoms with Gasteiger partial charge in [-0.1, -0.05) is 17.7 Å². The van der Waals surface area contributed by atoms with E-state index in [0.29, 0.717) is 21.9 Å². The van der Waals surface area contributed by atoms with E-state index in [2.05, 4.69) is 16.2 Å². The fourth-order valence-electron chi connectivity index (χ4n) is 1.76. The molecule has 0 aliphatic carbocycles. The van der Waals surface area contributed by atoms with Gasteiger partial charge >= 0.3 is 0 Å². The summed E-state index contributed by atoms with van der Waals surface area (Å²) in [6.45, 7) is 0. The second kappa shape index (κ2) is 8.28. The van der Waals surface area contributed by atoms with Crippen LogP contribution in [0.25, 0.3) is 0 Å². The number of hydrogen-bond donors (Lipinski definition) is 3. The summed E-state index contributed by atoms with van der Waals surface area (Å²) in [6.07, 6.45) is 0. The maximum atomic E-state index is 12.0. The minimum Gasteiger partial charge on any atom is -0.497 e. The third kappa shape index (κ3) is 4.94. The Morgan fingerprint density at radius 1 is 1.00 bits per heavy atom. The first-order valence-electron chi connectivity index (χ1n) is 6.81. The van der Waals surface area contributed by atoms with Gasteiger partial charge in [0.15, 0.2) is 5.11 Å². The molecule has 0 saturated carbocycles. The Morgan fingerprint density at radius 2 is 1.71 bits per heavy atom. The van der Waals surface area contributed by atoms with Crippen LogP contribution in [0.2, 0.25) is 5.02 Å². The Labute approximate surface area is 149 Å². The Bertz CT molecular complexity index is 765. The SMILES string of the molecule is COc1ccc(C(=O)NC(=S)NNC(=O)c2cccc(Cl)c2)cc1. The van der Waals surface area contributed by atoms with E-state index >= 15 is 0 Å². The van der Waals surface area contributed by atoms with Crippen molar-refractivity contribution in [3.8, 4) is 5.75 Å². The zero-order valence-corrected chi connectivity index (χ0v) is 14.2. The molecule has 0 aliphatic rings. The molecule has 0 aromatic heterocycles. The van der Waals surface area contributed by atoms with E-state index in [0.717, 1.165) is 0 Å². The summed E-state index contributed by atoms with van der Waals surface area (Å²) in [4.78, 5) is 23.9. The molecule has 0 saturated heterocycles. The number of methoxy groups -OCH3 is 1. The van der Waals surface area contributed by atoms with Crippen LogP contribution in [0.4, 0.5) is 0 Å². The number of nitrogens with one attached hydrogen (secondary N) is 3. The minimum atomic E-state index is -0.432.